The second-order valence-corrected chi connectivity index (χ2v) is 9.37. The van der Waals surface area contributed by atoms with Gasteiger partial charge in [0.1, 0.15) is 11.3 Å². The predicted molar refractivity (Wildman–Crippen MR) is 131 cm³/mol. The van der Waals surface area contributed by atoms with E-state index >= 15 is 0 Å². The van der Waals surface area contributed by atoms with Crippen molar-refractivity contribution in [2.75, 3.05) is 13.6 Å². The Labute approximate surface area is 202 Å². The van der Waals surface area contributed by atoms with E-state index in [9.17, 15) is 4.79 Å². The Kier molecular flexibility index (Phi) is 9.61. The lowest BCUT2D eigenvalue weighted by Gasteiger charge is -2.35. The molecule has 9 nitrogen and oxygen atoms in total. The molecule has 1 fully saturated rings. The first kappa shape index (κ1) is 27.5. The van der Waals surface area contributed by atoms with Crippen LogP contribution >= 0.6 is 24.0 Å². The van der Waals surface area contributed by atoms with Crippen LogP contribution in [0.2, 0.25) is 0 Å². The number of aliphatic imine (C=N–C) groups is 1. The Morgan fingerprint density at radius 1 is 1.35 bits per heavy atom. The molecular weight excluding hydrogens is 513 g/mol. The average Bonchev–Trinajstić information content (AvgIpc) is 3.15. The smallest absolute Gasteiger partial charge is 0.412 e. The van der Waals surface area contributed by atoms with Crippen LogP contribution in [0.4, 0.5) is 4.79 Å². The summed E-state index contributed by atoms with van der Waals surface area (Å²) in [6, 6.07) is 1.72. The Balaban J connectivity index is 0.00000480. The van der Waals surface area contributed by atoms with Gasteiger partial charge in [0.25, 0.3) is 0 Å². The van der Waals surface area contributed by atoms with E-state index in [0.717, 1.165) is 11.5 Å². The predicted octanol–water partition coefficient (Wildman–Crippen LogP) is 3.84. The van der Waals surface area contributed by atoms with Crippen LogP contribution in [0.15, 0.2) is 15.6 Å². The van der Waals surface area contributed by atoms with Gasteiger partial charge >= 0.3 is 6.09 Å². The Bertz CT molecular complexity index is 757. The molecule has 1 aromatic rings. The standard InChI is InChI=1S/C21H37N5O4.HI/c1-13(2)16-10-15(30-25-16)11-23-18(22-9)24-12-17-14(3)28-21(7,8)26(17)19(27)29-20(4,5)6;/h10,13-14,17H,11-12H2,1-9H3,(H2,22,23,24);1H. The minimum absolute atomic E-state index is 0. The van der Waals surface area contributed by atoms with Crippen molar-refractivity contribution in [3.05, 3.63) is 17.5 Å². The molecule has 1 aromatic heterocycles. The molecule has 0 saturated carbocycles. The average molecular weight is 551 g/mol. The third-order valence-electron chi connectivity index (χ3n) is 4.82. The molecule has 0 aromatic carbocycles. The van der Waals surface area contributed by atoms with Gasteiger partial charge in [-0.2, -0.15) is 0 Å². The van der Waals surface area contributed by atoms with E-state index in [0.29, 0.717) is 25.0 Å². The van der Waals surface area contributed by atoms with Crippen molar-refractivity contribution in [3.8, 4) is 0 Å². The number of hydrogen-bond acceptors (Lipinski definition) is 6. The number of carbonyl (C=O) groups is 1. The molecule has 2 heterocycles. The van der Waals surface area contributed by atoms with E-state index in [2.05, 4.69) is 34.6 Å². The first-order valence-corrected chi connectivity index (χ1v) is 10.4. The number of hydrogen-bond donors (Lipinski definition) is 2. The largest absolute Gasteiger partial charge is 0.444 e. The number of guanidine groups is 1. The minimum Gasteiger partial charge on any atom is -0.444 e. The number of nitrogens with one attached hydrogen (secondary N) is 2. The van der Waals surface area contributed by atoms with Gasteiger partial charge in [-0.3, -0.25) is 9.89 Å². The van der Waals surface area contributed by atoms with Crippen LogP contribution in [0.25, 0.3) is 0 Å². The molecule has 2 unspecified atom stereocenters. The molecule has 1 aliphatic heterocycles. The summed E-state index contributed by atoms with van der Waals surface area (Å²) in [6.07, 6.45) is -0.560. The van der Waals surface area contributed by atoms with Crippen molar-refractivity contribution in [1.82, 2.24) is 20.7 Å². The number of ether oxygens (including phenoxy) is 2. The lowest BCUT2D eigenvalue weighted by molar-refractivity contribution is -0.0755. The normalized spacial score (nSPS) is 21.1. The van der Waals surface area contributed by atoms with Gasteiger partial charge in [0.15, 0.2) is 11.7 Å². The molecule has 0 radical (unpaired) electrons. The Morgan fingerprint density at radius 2 is 2.00 bits per heavy atom. The second-order valence-electron chi connectivity index (χ2n) is 9.37. The number of halogens is 1. The van der Waals surface area contributed by atoms with Gasteiger partial charge in [-0.25, -0.2) is 4.79 Å². The highest BCUT2D eigenvalue weighted by Crippen LogP contribution is 2.33. The van der Waals surface area contributed by atoms with Crippen LogP contribution in [0.3, 0.4) is 0 Å². The molecule has 0 aliphatic carbocycles. The highest BCUT2D eigenvalue weighted by atomic mass is 127. The summed E-state index contributed by atoms with van der Waals surface area (Å²) in [5.41, 5.74) is -0.430. The fraction of sp³-hybridized carbons (Fsp3) is 0.762. The van der Waals surface area contributed by atoms with E-state index in [1.54, 1.807) is 11.9 Å². The summed E-state index contributed by atoms with van der Waals surface area (Å²) in [6.45, 7) is 16.3. The van der Waals surface area contributed by atoms with Crippen LogP contribution in [0.1, 0.15) is 72.8 Å². The number of amides is 1. The van der Waals surface area contributed by atoms with E-state index < -0.39 is 17.4 Å². The molecule has 0 spiro atoms. The molecule has 178 valence electrons. The van der Waals surface area contributed by atoms with Gasteiger partial charge in [-0.05, 0) is 47.5 Å². The van der Waals surface area contributed by atoms with Crippen LogP contribution in [-0.4, -0.2) is 59.2 Å². The molecular formula is C21H38IN5O4. The Morgan fingerprint density at radius 3 is 2.52 bits per heavy atom. The molecule has 1 amide bonds. The fourth-order valence-corrected chi connectivity index (χ4v) is 3.40. The highest BCUT2D eigenvalue weighted by Gasteiger charge is 2.49. The van der Waals surface area contributed by atoms with Gasteiger partial charge in [0.05, 0.1) is 24.4 Å². The SMILES string of the molecule is CN=C(NCc1cc(C(C)C)no1)NCC1C(C)OC(C)(C)N1C(=O)OC(C)(C)C.I. The van der Waals surface area contributed by atoms with Crippen molar-refractivity contribution in [2.24, 2.45) is 4.99 Å². The van der Waals surface area contributed by atoms with Crippen LogP contribution in [-0.2, 0) is 16.0 Å². The monoisotopic (exact) mass is 551 g/mol. The van der Waals surface area contributed by atoms with Crippen LogP contribution < -0.4 is 10.6 Å². The summed E-state index contributed by atoms with van der Waals surface area (Å²) in [5, 5.41) is 10.5. The molecule has 2 atom stereocenters. The summed E-state index contributed by atoms with van der Waals surface area (Å²) in [5.74, 6) is 1.64. The van der Waals surface area contributed by atoms with Crippen molar-refractivity contribution in [1.29, 1.82) is 0 Å². The molecule has 1 saturated heterocycles. The number of nitrogens with zero attached hydrogens (tertiary/aromatic N) is 3. The molecule has 2 N–H and O–H groups in total. The van der Waals surface area contributed by atoms with Gasteiger partial charge in [-0.15, -0.1) is 24.0 Å². The van der Waals surface area contributed by atoms with E-state index in [1.165, 1.54) is 0 Å². The quantitative estimate of drug-likeness (QED) is 0.326. The zero-order valence-electron chi connectivity index (χ0n) is 20.1. The minimum atomic E-state index is -0.766. The fourth-order valence-electron chi connectivity index (χ4n) is 3.40. The van der Waals surface area contributed by atoms with E-state index in [-0.39, 0.29) is 36.1 Å². The van der Waals surface area contributed by atoms with Crippen LogP contribution in [0.5, 0.6) is 0 Å². The van der Waals surface area contributed by atoms with Gasteiger partial charge in [0, 0.05) is 19.7 Å². The first-order valence-electron chi connectivity index (χ1n) is 10.4. The summed E-state index contributed by atoms with van der Waals surface area (Å²) < 4.78 is 17.0. The van der Waals surface area contributed by atoms with E-state index in [1.807, 2.05) is 47.6 Å². The summed E-state index contributed by atoms with van der Waals surface area (Å²) in [4.78, 5) is 18.8. The molecule has 0 bridgehead atoms. The maximum Gasteiger partial charge on any atom is 0.412 e. The van der Waals surface area contributed by atoms with E-state index in [4.69, 9.17) is 14.0 Å². The summed E-state index contributed by atoms with van der Waals surface area (Å²) >= 11 is 0. The van der Waals surface area contributed by atoms with Gasteiger partial charge in [0.2, 0.25) is 0 Å². The molecule has 31 heavy (non-hydrogen) atoms. The lowest BCUT2D eigenvalue weighted by atomic mass is 10.1. The third-order valence-corrected chi connectivity index (χ3v) is 4.82. The van der Waals surface area contributed by atoms with Crippen molar-refractivity contribution in [2.45, 2.75) is 91.3 Å². The second kappa shape index (κ2) is 10.8. The van der Waals surface area contributed by atoms with Crippen LogP contribution in [0, 0.1) is 0 Å². The first-order chi connectivity index (χ1) is 13.8. The number of rotatable bonds is 5. The van der Waals surface area contributed by atoms with Crippen molar-refractivity contribution in [3.63, 3.8) is 0 Å². The summed E-state index contributed by atoms with van der Waals surface area (Å²) in [7, 11) is 1.69. The topological polar surface area (TPSA) is 101 Å². The molecule has 10 heteroatoms. The zero-order valence-corrected chi connectivity index (χ0v) is 22.4. The van der Waals surface area contributed by atoms with Gasteiger partial charge < -0.3 is 24.6 Å². The third kappa shape index (κ3) is 7.51. The molecule has 2 rings (SSSR count). The zero-order chi connectivity index (χ0) is 22.7. The Hall–Kier alpha value is -1.56. The number of aromatic nitrogens is 1. The maximum atomic E-state index is 12.8. The van der Waals surface area contributed by atoms with Crippen molar-refractivity contribution >= 4 is 36.0 Å². The highest BCUT2D eigenvalue weighted by molar-refractivity contribution is 14.0. The van der Waals surface area contributed by atoms with Gasteiger partial charge in [-0.1, -0.05) is 19.0 Å². The molecule has 1 aliphatic rings. The lowest BCUT2D eigenvalue weighted by Crippen LogP contribution is -2.54. The number of carbonyl (C=O) groups excluding carboxylic acids is 1. The maximum absolute atomic E-state index is 12.8. The van der Waals surface area contributed by atoms with Crippen molar-refractivity contribution < 1.29 is 18.8 Å².